The molecule has 3 atom stereocenters. The third-order valence-electron chi connectivity index (χ3n) is 3.22. The molecule has 0 radical (unpaired) electrons. The summed E-state index contributed by atoms with van der Waals surface area (Å²) in [6, 6.07) is 0. The van der Waals surface area contributed by atoms with Crippen molar-refractivity contribution >= 4 is 5.78 Å². The minimum absolute atomic E-state index is 0.310. The van der Waals surface area contributed by atoms with Crippen LogP contribution in [0, 0.1) is 17.8 Å². The number of carbonyl (C=O) groups excluding carboxylic acids is 1. The van der Waals surface area contributed by atoms with Crippen molar-refractivity contribution in [3.05, 3.63) is 23.8 Å². The van der Waals surface area contributed by atoms with Gasteiger partial charge in [0.2, 0.25) is 0 Å². The Bertz CT molecular complexity index is 285. The molecule has 0 amide bonds. The van der Waals surface area contributed by atoms with Gasteiger partial charge in [0.1, 0.15) is 5.78 Å². The van der Waals surface area contributed by atoms with E-state index in [4.69, 9.17) is 0 Å². The fraction of sp³-hybridized carbons (Fsp3) is 0.500. The van der Waals surface area contributed by atoms with Gasteiger partial charge in [-0.3, -0.25) is 4.79 Å². The van der Waals surface area contributed by atoms with Crippen LogP contribution >= 0.6 is 0 Å². The minimum Gasteiger partial charge on any atom is -0.299 e. The lowest BCUT2D eigenvalue weighted by atomic mass is 9.90. The maximum atomic E-state index is 11.4. The first kappa shape index (κ1) is 5.76. The summed E-state index contributed by atoms with van der Waals surface area (Å²) in [5.41, 5.74) is 1.43. The fourth-order valence-electron chi connectivity index (χ4n) is 2.75. The third kappa shape index (κ3) is 0.550. The Kier molecular flexibility index (Phi) is 0.867. The Morgan fingerprint density at radius 2 is 2.27 bits per heavy atom. The standard InChI is InChI=1S/C10H10O/c11-9-4-3-8-6-1-2-7(5-6)10(8)9/h1-3,6-7,10H,4-5H2/t6-,7+,10+/m1/s1. The highest BCUT2D eigenvalue weighted by Crippen LogP contribution is 2.50. The van der Waals surface area contributed by atoms with Gasteiger partial charge in [-0.2, -0.15) is 0 Å². The number of hydrogen-bond acceptors (Lipinski definition) is 1. The summed E-state index contributed by atoms with van der Waals surface area (Å²) in [6.07, 6.45) is 8.57. The summed E-state index contributed by atoms with van der Waals surface area (Å²) in [6.45, 7) is 0. The number of carbonyl (C=O) groups is 1. The van der Waals surface area contributed by atoms with Gasteiger partial charge in [0, 0.05) is 12.3 Å². The van der Waals surface area contributed by atoms with Gasteiger partial charge in [-0.05, 0) is 18.3 Å². The molecule has 3 rings (SSSR count). The van der Waals surface area contributed by atoms with Crippen LogP contribution in [-0.2, 0) is 4.79 Å². The molecule has 3 aliphatic rings. The van der Waals surface area contributed by atoms with Gasteiger partial charge in [-0.25, -0.2) is 0 Å². The highest BCUT2D eigenvalue weighted by atomic mass is 16.1. The van der Waals surface area contributed by atoms with E-state index in [2.05, 4.69) is 18.2 Å². The Morgan fingerprint density at radius 1 is 1.36 bits per heavy atom. The van der Waals surface area contributed by atoms with E-state index in [0.29, 0.717) is 30.0 Å². The van der Waals surface area contributed by atoms with Crippen LogP contribution in [-0.4, -0.2) is 5.78 Å². The van der Waals surface area contributed by atoms with Crippen LogP contribution in [0.5, 0.6) is 0 Å². The van der Waals surface area contributed by atoms with Gasteiger partial charge in [0.25, 0.3) is 0 Å². The van der Waals surface area contributed by atoms with E-state index >= 15 is 0 Å². The van der Waals surface area contributed by atoms with Crippen molar-refractivity contribution in [2.75, 3.05) is 0 Å². The quantitative estimate of drug-likeness (QED) is 0.475. The summed E-state index contributed by atoms with van der Waals surface area (Å²) >= 11 is 0. The van der Waals surface area contributed by atoms with Gasteiger partial charge in [0.05, 0.1) is 0 Å². The lowest BCUT2D eigenvalue weighted by Gasteiger charge is -2.13. The zero-order valence-electron chi connectivity index (χ0n) is 6.29. The molecule has 3 aliphatic carbocycles. The zero-order valence-corrected chi connectivity index (χ0v) is 6.29. The number of Topliss-reactive ketones (excluding diaryl/α,β-unsaturated/α-hetero) is 1. The first-order chi connectivity index (χ1) is 5.36. The number of fused-ring (bicyclic) bond motifs is 5. The van der Waals surface area contributed by atoms with Gasteiger partial charge < -0.3 is 0 Å². The average Bonchev–Trinajstić information content (AvgIpc) is 2.60. The maximum absolute atomic E-state index is 11.4. The zero-order chi connectivity index (χ0) is 7.42. The molecule has 1 heteroatoms. The van der Waals surface area contributed by atoms with Crippen molar-refractivity contribution < 1.29 is 4.79 Å². The Hall–Kier alpha value is -0.850. The van der Waals surface area contributed by atoms with E-state index in [-0.39, 0.29) is 0 Å². The van der Waals surface area contributed by atoms with Crippen LogP contribution in [0.4, 0.5) is 0 Å². The van der Waals surface area contributed by atoms with E-state index < -0.39 is 0 Å². The van der Waals surface area contributed by atoms with Gasteiger partial charge in [0.15, 0.2) is 0 Å². The van der Waals surface area contributed by atoms with Crippen molar-refractivity contribution in [2.24, 2.45) is 17.8 Å². The molecule has 0 aromatic carbocycles. The molecular weight excluding hydrogens is 136 g/mol. The number of ketones is 1. The van der Waals surface area contributed by atoms with Gasteiger partial charge in [-0.1, -0.05) is 23.8 Å². The normalized spacial score (nSPS) is 44.9. The molecular formula is C10H10O. The second kappa shape index (κ2) is 1.66. The molecule has 1 nitrogen and oxygen atoms in total. The lowest BCUT2D eigenvalue weighted by Crippen LogP contribution is -2.15. The highest BCUT2D eigenvalue weighted by Gasteiger charge is 2.45. The fourth-order valence-corrected chi connectivity index (χ4v) is 2.75. The van der Waals surface area contributed by atoms with Crippen LogP contribution in [0.3, 0.4) is 0 Å². The van der Waals surface area contributed by atoms with Crippen LogP contribution < -0.4 is 0 Å². The van der Waals surface area contributed by atoms with Crippen LogP contribution in [0.15, 0.2) is 23.8 Å². The van der Waals surface area contributed by atoms with Crippen LogP contribution in [0.2, 0.25) is 0 Å². The summed E-state index contributed by atoms with van der Waals surface area (Å²) in [4.78, 5) is 11.4. The number of rotatable bonds is 0. The predicted molar refractivity (Wildman–Crippen MR) is 41.9 cm³/mol. The number of allylic oxidation sites excluding steroid dienone is 4. The second-order valence-corrected chi connectivity index (χ2v) is 3.74. The summed E-state index contributed by atoms with van der Waals surface area (Å²) in [5, 5.41) is 0. The monoisotopic (exact) mass is 146 g/mol. The molecule has 0 aromatic rings. The Balaban J connectivity index is 2.12. The van der Waals surface area contributed by atoms with E-state index in [1.54, 1.807) is 0 Å². The van der Waals surface area contributed by atoms with E-state index in [1.165, 1.54) is 12.0 Å². The van der Waals surface area contributed by atoms with E-state index in [1.807, 2.05) is 0 Å². The van der Waals surface area contributed by atoms with Crippen LogP contribution in [0.1, 0.15) is 12.8 Å². The third-order valence-corrected chi connectivity index (χ3v) is 3.22. The second-order valence-electron chi connectivity index (χ2n) is 3.74. The molecule has 0 spiro atoms. The minimum atomic E-state index is 0.310. The summed E-state index contributed by atoms with van der Waals surface area (Å²) in [7, 11) is 0. The van der Waals surface area contributed by atoms with Gasteiger partial charge >= 0.3 is 0 Å². The summed E-state index contributed by atoms with van der Waals surface area (Å²) in [5.74, 6) is 1.97. The Morgan fingerprint density at radius 3 is 3.09 bits per heavy atom. The average molecular weight is 146 g/mol. The van der Waals surface area contributed by atoms with Crippen molar-refractivity contribution in [3.63, 3.8) is 0 Å². The van der Waals surface area contributed by atoms with Crippen molar-refractivity contribution in [1.82, 2.24) is 0 Å². The molecule has 0 heterocycles. The Labute approximate surface area is 65.8 Å². The molecule has 0 aliphatic heterocycles. The first-order valence-electron chi connectivity index (χ1n) is 4.27. The topological polar surface area (TPSA) is 17.1 Å². The highest BCUT2D eigenvalue weighted by molar-refractivity contribution is 5.90. The molecule has 2 bridgehead atoms. The largest absolute Gasteiger partial charge is 0.299 e. The first-order valence-corrected chi connectivity index (χ1v) is 4.27. The molecule has 11 heavy (non-hydrogen) atoms. The molecule has 1 saturated carbocycles. The van der Waals surface area contributed by atoms with Crippen LogP contribution in [0.25, 0.3) is 0 Å². The van der Waals surface area contributed by atoms with E-state index in [9.17, 15) is 4.79 Å². The van der Waals surface area contributed by atoms with Crippen molar-refractivity contribution in [3.8, 4) is 0 Å². The molecule has 0 aromatic heterocycles. The molecule has 0 unspecified atom stereocenters. The molecule has 0 saturated heterocycles. The predicted octanol–water partition coefficient (Wildman–Crippen LogP) is 1.71. The van der Waals surface area contributed by atoms with Crippen molar-refractivity contribution in [1.29, 1.82) is 0 Å². The summed E-state index contributed by atoms with van der Waals surface area (Å²) < 4.78 is 0. The molecule has 1 fully saturated rings. The lowest BCUT2D eigenvalue weighted by molar-refractivity contribution is -0.120. The van der Waals surface area contributed by atoms with Crippen molar-refractivity contribution in [2.45, 2.75) is 12.8 Å². The smallest absolute Gasteiger partial charge is 0.144 e. The van der Waals surface area contributed by atoms with Gasteiger partial charge in [-0.15, -0.1) is 0 Å². The molecule has 0 N–H and O–H groups in total. The number of hydrogen-bond donors (Lipinski definition) is 0. The SMILES string of the molecule is O=C1CC=C2[C@@H]1[C@H]1C=C[C@@H]2C1. The van der Waals surface area contributed by atoms with E-state index in [0.717, 1.165) is 0 Å². The maximum Gasteiger partial charge on any atom is 0.144 e. The molecule has 56 valence electrons.